The van der Waals surface area contributed by atoms with Gasteiger partial charge in [0.1, 0.15) is 12.4 Å². The Kier molecular flexibility index (Phi) is 7.07. The molecule has 0 aliphatic heterocycles. The topological polar surface area (TPSA) is 99.3 Å². The first kappa shape index (κ1) is 21.8. The van der Waals surface area contributed by atoms with Gasteiger partial charge in [-0.1, -0.05) is 23.7 Å². The van der Waals surface area contributed by atoms with Gasteiger partial charge in [-0.25, -0.2) is 0 Å². The van der Waals surface area contributed by atoms with E-state index in [1.807, 2.05) is 11.6 Å². The van der Waals surface area contributed by atoms with E-state index >= 15 is 0 Å². The quantitative estimate of drug-likeness (QED) is 0.361. The highest BCUT2D eigenvalue weighted by atomic mass is 79.9. The van der Waals surface area contributed by atoms with Crippen LogP contribution in [0.2, 0.25) is 5.02 Å². The molecule has 0 fully saturated rings. The second-order valence-electron chi connectivity index (χ2n) is 6.30. The van der Waals surface area contributed by atoms with Crippen LogP contribution in [0.15, 0.2) is 53.1 Å². The summed E-state index contributed by atoms with van der Waals surface area (Å²) in [6.45, 7) is 3.26. The summed E-state index contributed by atoms with van der Waals surface area (Å²) in [7, 11) is 0. The molecule has 0 unspecified atom stereocenters. The highest BCUT2D eigenvalue weighted by molar-refractivity contribution is 9.10. The van der Waals surface area contributed by atoms with E-state index in [9.17, 15) is 14.9 Å². The second-order valence-corrected chi connectivity index (χ2v) is 7.56. The van der Waals surface area contributed by atoms with Crippen LogP contribution in [-0.4, -0.2) is 20.6 Å². The number of nitrogens with zero attached hydrogens (tertiary/aromatic N) is 3. The van der Waals surface area contributed by atoms with Crippen molar-refractivity contribution in [1.29, 1.82) is 0 Å². The number of nitrogens with one attached hydrogen (secondary N) is 1. The van der Waals surface area contributed by atoms with E-state index in [1.54, 1.807) is 30.5 Å². The molecular weight excluding hydrogens is 476 g/mol. The minimum absolute atomic E-state index is 0.100. The summed E-state index contributed by atoms with van der Waals surface area (Å²) in [4.78, 5) is 22.7. The summed E-state index contributed by atoms with van der Waals surface area (Å²) in [5.41, 5.74) is 2.14. The number of aromatic nitrogens is 2. The monoisotopic (exact) mass is 492 g/mol. The van der Waals surface area contributed by atoms with E-state index in [0.717, 1.165) is 15.7 Å². The minimum Gasteiger partial charge on any atom is -0.487 e. The summed E-state index contributed by atoms with van der Waals surface area (Å²) < 4.78 is 8.29. The lowest BCUT2D eigenvalue weighted by Gasteiger charge is -2.10. The maximum Gasteiger partial charge on any atom is 0.271 e. The highest BCUT2D eigenvalue weighted by Gasteiger charge is 2.12. The van der Waals surface area contributed by atoms with Crippen molar-refractivity contribution in [2.45, 2.75) is 26.6 Å². The molecule has 156 valence electrons. The standard InChI is InChI=1S/C20H18BrClN4O4/c1-2-25-18(16(21)10-24-25)11-23-20(27)14-5-3-13(4-6-14)12-30-19-8-7-15(26(28)29)9-17(19)22/h3-10H,2,11-12H2,1H3,(H,23,27). The van der Waals surface area contributed by atoms with Gasteiger partial charge >= 0.3 is 0 Å². The van der Waals surface area contributed by atoms with Crippen LogP contribution in [0.3, 0.4) is 0 Å². The summed E-state index contributed by atoms with van der Waals surface area (Å²) in [6.07, 6.45) is 1.71. The third-order valence-corrected chi connectivity index (χ3v) is 5.31. The average molecular weight is 494 g/mol. The Bertz CT molecular complexity index is 1070. The molecule has 0 aliphatic rings. The number of benzene rings is 2. The molecule has 8 nitrogen and oxygen atoms in total. The lowest BCUT2D eigenvalue weighted by molar-refractivity contribution is -0.384. The Balaban J connectivity index is 1.57. The fourth-order valence-electron chi connectivity index (χ4n) is 2.74. The third kappa shape index (κ3) is 5.17. The summed E-state index contributed by atoms with van der Waals surface area (Å²) in [6, 6.07) is 11.0. The molecule has 1 aromatic heterocycles. The molecule has 0 spiro atoms. The number of carbonyl (C=O) groups excluding carboxylic acids is 1. The number of hydrogen-bond donors (Lipinski definition) is 1. The van der Waals surface area contributed by atoms with Crippen LogP contribution in [0, 0.1) is 10.1 Å². The fraction of sp³-hybridized carbons (Fsp3) is 0.200. The van der Waals surface area contributed by atoms with Gasteiger partial charge < -0.3 is 10.1 Å². The molecule has 0 saturated carbocycles. The SMILES string of the molecule is CCn1ncc(Br)c1CNC(=O)c1ccc(COc2ccc([N+](=O)[O-])cc2Cl)cc1. The van der Waals surface area contributed by atoms with E-state index in [-0.39, 0.29) is 23.2 Å². The molecule has 0 radical (unpaired) electrons. The molecule has 3 aromatic rings. The van der Waals surface area contributed by atoms with Gasteiger partial charge in [0.15, 0.2) is 0 Å². The Morgan fingerprint density at radius 1 is 1.30 bits per heavy atom. The normalized spacial score (nSPS) is 10.6. The fourth-order valence-corrected chi connectivity index (χ4v) is 3.40. The van der Waals surface area contributed by atoms with Crippen LogP contribution >= 0.6 is 27.5 Å². The molecule has 2 aromatic carbocycles. The first-order chi connectivity index (χ1) is 14.4. The molecule has 3 rings (SSSR count). The molecule has 0 saturated heterocycles. The number of ether oxygens (including phenoxy) is 1. The zero-order valence-corrected chi connectivity index (χ0v) is 18.3. The van der Waals surface area contributed by atoms with E-state index in [4.69, 9.17) is 16.3 Å². The Morgan fingerprint density at radius 3 is 2.67 bits per heavy atom. The predicted molar refractivity (Wildman–Crippen MR) is 116 cm³/mol. The molecule has 0 bridgehead atoms. The number of halogens is 2. The van der Waals surface area contributed by atoms with Crippen molar-refractivity contribution in [3.05, 3.63) is 85.1 Å². The Morgan fingerprint density at radius 2 is 2.03 bits per heavy atom. The molecule has 0 atom stereocenters. The van der Waals surface area contributed by atoms with Gasteiger partial charge in [-0.2, -0.15) is 5.10 Å². The summed E-state index contributed by atoms with van der Waals surface area (Å²) in [5.74, 6) is 0.152. The van der Waals surface area contributed by atoms with Crippen LogP contribution in [0.5, 0.6) is 5.75 Å². The smallest absolute Gasteiger partial charge is 0.271 e. The Hall–Kier alpha value is -2.91. The zero-order chi connectivity index (χ0) is 21.7. The number of non-ortho nitro benzene ring substituents is 1. The molecule has 1 heterocycles. The molecule has 1 amide bonds. The first-order valence-corrected chi connectivity index (χ1v) is 10.2. The number of aryl methyl sites for hydroxylation is 1. The van der Waals surface area contributed by atoms with Crippen molar-refractivity contribution in [2.75, 3.05) is 0 Å². The summed E-state index contributed by atoms with van der Waals surface area (Å²) >= 11 is 9.46. The van der Waals surface area contributed by atoms with Crippen molar-refractivity contribution < 1.29 is 14.5 Å². The van der Waals surface area contributed by atoms with Gasteiger partial charge in [0.25, 0.3) is 11.6 Å². The molecular formula is C20H18BrClN4O4. The van der Waals surface area contributed by atoms with Crippen molar-refractivity contribution in [3.63, 3.8) is 0 Å². The molecule has 0 aliphatic carbocycles. The van der Waals surface area contributed by atoms with E-state index < -0.39 is 4.92 Å². The van der Waals surface area contributed by atoms with Crippen LogP contribution in [0.4, 0.5) is 5.69 Å². The number of hydrogen-bond acceptors (Lipinski definition) is 5. The van der Waals surface area contributed by atoms with Crippen molar-refractivity contribution >= 4 is 39.1 Å². The molecule has 1 N–H and O–H groups in total. The maximum absolute atomic E-state index is 12.4. The van der Waals surface area contributed by atoms with Crippen molar-refractivity contribution in [2.24, 2.45) is 0 Å². The molecule has 10 heteroatoms. The van der Waals surface area contributed by atoms with E-state index in [1.165, 1.54) is 18.2 Å². The number of rotatable bonds is 8. The maximum atomic E-state index is 12.4. The lowest BCUT2D eigenvalue weighted by Crippen LogP contribution is -2.24. The van der Waals surface area contributed by atoms with Gasteiger partial charge in [-0.05, 0) is 46.6 Å². The first-order valence-electron chi connectivity index (χ1n) is 9.03. The number of nitro groups is 1. The lowest BCUT2D eigenvalue weighted by atomic mass is 10.1. The minimum atomic E-state index is -0.520. The highest BCUT2D eigenvalue weighted by Crippen LogP contribution is 2.29. The number of nitro benzene ring substituents is 1. The molecule has 30 heavy (non-hydrogen) atoms. The third-order valence-electron chi connectivity index (χ3n) is 4.35. The van der Waals surface area contributed by atoms with Gasteiger partial charge in [0.2, 0.25) is 0 Å². The Labute approximate surface area is 186 Å². The van der Waals surface area contributed by atoms with Crippen LogP contribution in [0.1, 0.15) is 28.5 Å². The number of carbonyl (C=O) groups is 1. The number of amides is 1. The van der Waals surface area contributed by atoms with Crippen molar-refractivity contribution in [1.82, 2.24) is 15.1 Å². The van der Waals surface area contributed by atoms with E-state index in [0.29, 0.717) is 24.4 Å². The van der Waals surface area contributed by atoms with Crippen LogP contribution in [0.25, 0.3) is 0 Å². The second kappa shape index (κ2) is 9.73. The van der Waals surface area contributed by atoms with Gasteiger partial charge in [-0.15, -0.1) is 0 Å². The predicted octanol–water partition coefficient (Wildman–Crippen LogP) is 4.74. The van der Waals surface area contributed by atoms with Crippen molar-refractivity contribution in [3.8, 4) is 5.75 Å². The van der Waals surface area contributed by atoms with Gasteiger partial charge in [0.05, 0.1) is 32.9 Å². The van der Waals surface area contributed by atoms with Gasteiger partial charge in [0, 0.05) is 24.2 Å². The summed E-state index contributed by atoms with van der Waals surface area (Å²) in [5, 5.41) is 18.0. The van der Waals surface area contributed by atoms with Crippen LogP contribution in [-0.2, 0) is 19.7 Å². The zero-order valence-electron chi connectivity index (χ0n) is 16.0. The van der Waals surface area contributed by atoms with Gasteiger partial charge in [-0.3, -0.25) is 19.6 Å². The largest absolute Gasteiger partial charge is 0.487 e. The average Bonchev–Trinajstić information content (AvgIpc) is 3.10. The van der Waals surface area contributed by atoms with E-state index in [2.05, 4.69) is 26.3 Å². The van der Waals surface area contributed by atoms with Crippen LogP contribution < -0.4 is 10.1 Å².